The van der Waals surface area contributed by atoms with Gasteiger partial charge in [-0.1, -0.05) is 76.8 Å². The molecule has 1 aliphatic carbocycles. The van der Waals surface area contributed by atoms with Crippen molar-refractivity contribution in [3.8, 4) is 0 Å². The van der Waals surface area contributed by atoms with E-state index in [0.29, 0.717) is 31.8 Å². The SMILES string of the molecule is CCCC[C@H](C(N)=O)[C@@H](CC(C)C)C(=O)NC1CN(c2ccccc2)c2ccccc2N(CCC2CC2)C1=O. The number of carbonyl (C=O) groups excluding carboxylic acids is 3. The van der Waals surface area contributed by atoms with Gasteiger partial charge in [-0.15, -0.1) is 0 Å². The van der Waals surface area contributed by atoms with Gasteiger partial charge in [-0.25, -0.2) is 0 Å². The Morgan fingerprint density at radius 1 is 1.00 bits per heavy atom. The summed E-state index contributed by atoms with van der Waals surface area (Å²) in [5.74, 6) is -1.07. The number of para-hydroxylation sites is 3. The lowest BCUT2D eigenvalue weighted by Crippen LogP contribution is -2.54. The third kappa shape index (κ3) is 7.20. The van der Waals surface area contributed by atoms with Gasteiger partial charge < -0.3 is 20.9 Å². The molecule has 2 aromatic rings. The fraction of sp³-hybridized carbons (Fsp3) is 0.531. The van der Waals surface area contributed by atoms with Gasteiger partial charge in [0.2, 0.25) is 11.8 Å². The molecule has 2 aliphatic rings. The number of nitrogens with two attached hydrogens (primary N) is 1. The van der Waals surface area contributed by atoms with Crippen LogP contribution in [0.2, 0.25) is 0 Å². The van der Waals surface area contributed by atoms with E-state index in [0.717, 1.165) is 36.3 Å². The smallest absolute Gasteiger partial charge is 0.251 e. The molecule has 3 atom stereocenters. The topological polar surface area (TPSA) is 95.7 Å². The molecule has 4 rings (SSSR count). The number of unbranched alkanes of at least 4 members (excludes halogenated alkanes) is 1. The summed E-state index contributed by atoms with van der Waals surface area (Å²) in [6.45, 7) is 7.07. The van der Waals surface area contributed by atoms with Crippen molar-refractivity contribution in [1.29, 1.82) is 0 Å². The number of hydrogen-bond donors (Lipinski definition) is 2. The molecule has 7 nitrogen and oxygen atoms in total. The minimum atomic E-state index is -0.765. The molecule has 0 aromatic heterocycles. The van der Waals surface area contributed by atoms with Crippen LogP contribution < -0.4 is 20.9 Å². The van der Waals surface area contributed by atoms with Crippen molar-refractivity contribution in [3.63, 3.8) is 0 Å². The fourth-order valence-corrected chi connectivity index (χ4v) is 5.70. The van der Waals surface area contributed by atoms with Gasteiger partial charge in [-0.2, -0.15) is 0 Å². The second-order valence-corrected chi connectivity index (χ2v) is 11.6. The number of rotatable bonds is 13. The van der Waals surface area contributed by atoms with Crippen LogP contribution >= 0.6 is 0 Å². The summed E-state index contributed by atoms with van der Waals surface area (Å²) in [7, 11) is 0. The van der Waals surface area contributed by atoms with E-state index < -0.39 is 23.8 Å². The third-order valence-corrected chi connectivity index (χ3v) is 8.02. The lowest BCUT2D eigenvalue weighted by atomic mass is 9.81. The summed E-state index contributed by atoms with van der Waals surface area (Å²) < 4.78 is 0. The summed E-state index contributed by atoms with van der Waals surface area (Å²) >= 11 is 0. The molecule has 210 valence electrons. The highest BCUT2D eigenvalue weighted by atomic mass is 16.2. The van der Waals surface area contributed by atoms with Crippen LogP contribution in [-0.2, 0) is 14.4 Å². The van der Waals surface area contributed by atoms with E-state index in [4.69, 9.17) is 5.73 Å². The van der Waals surface area contributed by atoms with Gasteiger partial charge in [0.15, 0.2) is 0 Å². The van der Waals surface area contributed by atoms with Crippen LogP contribution in [0.25, 0.3) is 0 Å². The minimum absolute atomic E-state index is 0.109. The maximum atomic E-state index is 14.2. The number of primary amides is 1. The van der Waals surface area contributed by atoms with Gasteiger partial charge in [0.25, 0.3) is 5.91 Å². The van der Waals surface area contributed by atoms with Crippen LogP contribution in [0.5, 0.6) is 0 Å². The molecule has 7 heteroatoms. The number of benzene rings is 2. The van der Waals surface area contributed by atoms with Gasteiger partial charge >= 0.3 is 0 Å². The predicted molar refractivity (Wildman–Crippen MR) is 157 cm³/mol. The van der Waals surface area contributed by atoms with E-state index in [1.807, 2.05) is 73.3 Å². The zero-order valence-corrected chi connectivity index (χ0v) is 23.6. The molecule has 3 N–H and O–H groups in total. The first-order valence-electron chi connectivity index (χ1n) is 14.6. The Morgan fingerprint density at radius 3 is 2.28 bits per heavy atom. The molecule has 1 unspecified atom stereocenters. The lowest BCUT2D eigenvalue weighted by molar-refractivity contribution is -0.136. The average molecular weight is 533 g/mol. The van der Waals surface area contributed by atoms with Crippen molar-refractivity contribution >= 4 is 34.8 Å². The Labute approximate surface area is 233 Å². The van der Waals surface area contributed by atoms with Crippen molar-refractivity contribution in [2.45, 2.75) is 71.8 Å². The normalized spacial score (nSPS) is 18.9. The Bertz CT molecular complexity index is 1130. The number of nitrogens with one attached hydrogen (secondary N) is 1. The Hall–Kier alpha value is -3.35. The number of nitrogens with zero attached hydrogens (tertiary/aromatic N) is 2. The summed E-state index contributed by atoms with van der Waals surface area (Å²) in [6.07, 6.45) is 6.22. The number of hydrogen-bond acceptors (Lipinski definition) is 4. The van der Waals surface area contributed by atoms with Gasteiger partial charge in [0, 0.05) is 24.1 Å². The van der Waals surface area contributed by atoms with Gasteiger partial charge in [-0.3, -0.25) is 14.4 Å². The number of carbonyl (C=O) groups is 3. The predicted octanol–water partition coefficient (Wildman–Crippen LogP) is 5.41. The van der Waals surface area contributed by atoms with E-state index in [9.17, 15) is 14.4 Å². The fourth-order valence-electron chi connectivity index (χ4n) is 5.70. The maximum absolute atomic E-state index is 14.2. The molecule has 1 aliphatic heterocycles. The molecular formula is C32H44N4O3. The van der Waals surface area contributed by atoms with E-state index in [1.54, 1.807) is 0 Å². The molecule has 1 heterocycles. The molecule has 1 fully saturated rings. The average Bonchev–Trinajstić information content (AvgIpc) is 3.76. The van der Waals surface area contributed by atoms with Crippen LogP contribution in [0.15, 0.2) is 54.6 Å². The minimum Gasteiger partial charge on any atom is -0.369 e. The van der Waals surface area contributed by atoms with Crippen LogP contribution in [0.4, 0.5) is 17.1 Å². The van der Waals surface area contributed by atoms with Crippen LogP contribution in [0, 0.1) is 23.7 Å². The van der Waals surface area contributed by atoms with Crippen LogP contribution in [0.1, 0.15) is 65.7 Å². The first-order chi connectivity index (χ1) is 18.8. The molecular weight excluding hydrogens is 488 g/mol. The number of amides is 3. The van der Waals surface area contributed by atoms with Crippen molar-refractivity contribution in [2.24, 2.45) is 29.4 Å². The monoisotopic (exact) mass is 532 g/mol. The molecule has 39 heavy (non-hydrogen) atoms. The van der Waals surface area contributed by atoms with E-state index in [-0.39, 0.29) is 17.7 Å². The molecule has 0 spiro atoms. The lowest BCUT2D eigenvalue weighted by Gasteiger charge is -2.30. The third-order valence-electron chi connectivity index (χ3n) is 8.02. The quantitative estimate of drug-likeness (QED) is 0.361. The summed E-state index contributed by atoms with van der Waals surface area (Å²) in [6, 6.07) is 17.2. The highest BCUT2D eigenvalue weighted by Crippen LogP contribution is 2.39. The second kappa shape index (κ2) is 13.1. The summed E-state index contributed by atoms with van der Waals surface area (Å²) in [5.41, 5.74) is 8.59. The number of fused-ring (bicyclic) bond motifs is 1. The first-order valence-corrected chi connectivity index (χ1v) is 14.6. The molecule has 3 amide bonds. The van der Waals surface area contributed by atoms with Crippen LogP contribution in [-0.4, -0.2) is 36.9 Å². The zero-order chi connectivity index (χ0) is 27.9. The Morgan fingerprint density at radius 2 is 1.67 bits per heavy atom. The van der Waals surface area contributed by atoms with Crippen molar-refractivity contribution in [3.05, 3.63) is 54.6 Å². The molecule has 0 saturated heterocycles. The molecule has 0 radical (unpaired) electrons. The van der Waals surface area contributed by atoms with Crippen molar-refractivity contribution in [2.75, 3.05) is 22.9 Å². The van der Waals surface area contributed by atoms with E-state index in [2.05, 4.69) is 17.1 Å². The summed E-state index contributed by atoms with van der Waals surface area (Å²) in [5, 5.41) is 3.11. The van der Waals surface area contributed by atoms with Crippen LogP contribution in [0.3, 0.4) is 0 Å². The van der Waals surface area contributed by atoms with Crippen molar-refractivity contribution < 1.29 is 14.4 Å². The standard InChI is InChI=1S/C32H44N4O3/c1-4-5-13-25(30(33)37)26(20-22(2)3)31(38)34-27-21-36(24-11-7-6-8-12-24)29-15-10-9-14-28(29)35(32(27)39)19-18-23-16-17-23/h6-12,14-15,22-23,25-27H,4-5,13,16-21H2,1-3H3,(H2,33,37)(H,34,38)/t25-,26+,27?/m0/s1. The highest BCUT2D eigenvalue weighted by molar-refractivity contribution is 6.04. The molecule has 2 aromatic carbocycles. The maximum Gasteiger partial charge on any atom is 0.251 e. The van der Waals surface area contributed by atoms with E-state index >= 15 is 0 Å². The molecule has 0 bridgehead atoms. The largest absolute Gasteiger partial charge is 0.369 e. The highest BCUT2D eigenvalue weighted by Gasteiger charge is 2.39. The Balaban J connectivity index is 1.68. The van der Waals surface area contributed by atoms with Gasteiger partial charge in [0.1, 0.15) is 6.04 Å². The Kier molecular flexibility index (Phi) is 9.65. The molecule has 1 saturated carbocycles. The van der Waals surface area contributed by atoms with Crippen molar-refractivity contribution in [1.82, 2.24) is 5.32 Å². The van der Waals surface area contributed by atoms with E-state index in [1.165, 1.54) is 12.8 Å². The second-order valence-electron chi connectivity index (χ2n) is 11.6. The van der Waals surface area contributed by atoms with Gasteiger partial charge in [-0.05, 0) is 55.4 Å². The van der Waals surface area contributed by atoms with Gasteiger partial charge in [0.05, 0.1) is 17.9 Å². The summed E-state index contributed by atoms with van der Waals surface area (Å²) in [4.78, 5) is 44.6. The zero-order valence-electron chi connectivity index (χ0n) is 23.6. The number of anilines is 3. The first kappa shape index (κ1) is 28.7.